The molecule has 17 heavy (non-hydrogen) atoms. The first-order valence-corrected chi connectivity index (χ1v) is 6.99. The van der Waals surface area contributed by atoms with E-state index in [1.54, 1.807) is 0 Å². The lowest BCUT2D eigenvalue weighted by Crippen LogP contribution is -2.38. The Morgan fingerprint density at radius 2 is 1.47 bits per heavy atom. The van der Waals surface area contributed by atoms with Crippen molar-refractivity contribution in [1.29, 1.82) is 0 Å². The van der Waals surface area contributed by atoms with Crippen LogP contribution in [0.4, 0.5) is 0 Å². The molecule has 2 nitrogen and oxygen atoms in total. The molecule has 1 fully saturated rings. The van der Waals surface area contributed by atoms with Crippen LogP contribution in [0.3, 0.4) is 0 Å². The zero-order valence-corrected chi connectivity index (χ0v) is 12.5. The van der Waals surface area contributed by atoms with Gasteiger partial charge in [0.1, 0.15) is 0 Å². The van der Waals surface area contributed by atoms with Crippen LogP contribution < -0.4 is 0 Å². The van der Waals surface area contributed by atoms with Gasteiger partial charge in [0.05, 0.1) is 23.9 Å². The van der Waals surface area contributed by atoms with Gasteiger partial charge in [-0.1, -0.05) is 12.8 Å². The molecule has 0 bridgehead atoms. The van der Waals surface area contributed by atoms with Gasteiger partial charge in [0.15, 0.2) is 0 Å². The summed E-state index contributed by atoms with van der Waals surface area (Å²) in [7, 11) is 0. The third kappa shape index (κ3) is 6.42. The van der Waals surface area contributed by atoms with E-state index in [0.717, 1.165) is 6.61 Å². The van der Waals surface area contributed by atoms with E-state index in [0.29, 0.717) is 12.0 Å². The van der Waals surface area contributed by atoms with Crippen molar-refractivity contribution in [3.05, 3.63) is 0 Å². The summed E-state index contributed by atoms with van der Waals surface area (Å²) in [4.78, 5) is 0. The maximum absolute atomic E-state index is 6.18. The third-order valence-corrected chi connectivity index (χ3v) is 3.07. The molecule has 1 rings (SSSR count). The van der Waals surface area contributed by atoms with Crippen molar-refractivity contribution in [2.45, 2.75) is 84.5 Å². The molecule has 0 aromatic carbocycles. The predicted molar refractivity (Wildman–Crippen MR) is 72.3 cm³/mol. The van der Waals surface area contributed by atoms with Gasteiger partial charge < -0.3 is 9.47 Å². The Balaban J connectivity index is 2.48. The SMILES string of the molecule is CC(C)(C)OC[C@H]1CCCCC1OC(C)(C)C. The van der Waals surface area contributed by atoms with E-state index in [-0.39, 0.29) is 11.2 Å². The van der Waals surface area contributed by atoms with Crippen LogP contribution in [0.2, 0.25) is 0 Å². The van der Waals surface area contributed by atoms with E-state index >= 15 is 0 Å². The molecular formula is C15H30O2. The Labute approximate surface area is 107 Å². The Morgan fingerprint density at radius 3 is 2.00 bits per heavy atom. The fourth-order valence-corrected chi connectivity index (χ4v) is 2.33. The van der Waals surface area contributed by atoms with E-state index < -0.39 is 0 Å². The molecule has 0 radical (unpaired) electrons. The molecule has 0 heterocycles. The summed E-state index contributed by atoms with van der Waals surface area (Å²) in [5.74, 6) is 0.571. The van der Waals surface area contributed by atoms with Crippen LogP contribution in [0.5, 0.6) is 0 Å². The van der Waals surface area contributed by atoms with Crippen molar-refractivity contribution in [3.8, 4) is 0 Å². The Morgan fingerprint density at radius 1 is 0.882 bits per heavy atom. The van der Waals surface area contributed by atoms with Crippen molar-refractivity contribution >= 4 is 0 Å². The molecule has 0 spiro atoms. The molecule has 1 saturated carbocycles. The molecule has 1 unspecified atom stereocenters. The van der Waals surface area contributed by atoms with Crippen LogP contribution in [0.1, 0.15) is 67.2 Å². The monoisotopic (exact) mass is 242 g/mol. The van der Waals surface area contributed by atoms with E-state index in [4.69, 9.17) is 9.47 Å². The second-order valence-electron chi connectivity index (χ2n) is 7.24. The maximum Gasteiger partial charge on any atom is 0.0632 e. The average molecular weight is 242 g/mol. The Bertz CT molecular complexity index is 222. The van der Waals surface area contributed by atoms with E-state index in [2.05, 4.69) is 41.5 Å². The predicted octanol–water partition coefficient (Wildman–Crippen LogP) is 4.18. The standard InChI is InChI=1S/C15H30O2/c1-14(2,3)16-11-12-9-7-8-10-13(12)17-15(4,5)6/h12-13H,7-11H2,1-6H3/t12-,13?/m1/s1. The fourth-order valence-electron chi connectivity index (χ4n) is 2.33. The number of hydrogen-bond acceptors (Lipinski definition) is 2. The van der Waals surface area contributed by atoms with Crippen LogP contribution in [-0.4, -0.2) is 23.9 Å². The zero-order valence-electron chi connectivity index (χ0n) is 12.5. The second kappa shape index (κ2) is 5.71. The molecule has 0 N–H and O–H groups in total. The van der Waals surface area contributed by atoms with Gasteiger partial charge in [-0.2, -0.15) is 0 Å². The normalized spacial score (nSPS) is 27.2. The topological polar surface area (TPSA) is 18.5 Å². The molecule has 0 amide bonds. The molecule has 0 aromatic rings. The fraction of sp³-hybridized carbons (Fsp3) is 1.00. The van der Waals surface area contributed by atoms with Gasteiger partial charge in [0, 0.05) is 5.92 Å². The third-order valence-electron chi connectivity index (χ3n) is 3.07. The van der Waals surface area contributed by atoms with E-state index in [1.807, 2.05) is 0 Å². The number of ether oxygens (including phenoxy) is 2. The summed E-state index contributed by atoms with van der Waals surface area (Å²) in [6.45, 7) is 13.6. The molecule has 2 atom stereocenters. The van der Waals surface area contributed by atoms with Crippen molar-refractivity contribution in [3.63, 3.8) is 0 Å². The average Bonchev–Trinajstić information content (AvgIpc) is 2.12. The van der Waals surface area contributed by atoms with Crippen LogP contribution in [0.15, 0.2) is 0 Å². The van der Waals surface area contributed by atoms with E-state index in [1.165, 1.54) is 25.7 Å². The van der Waals surface area contributed by atoms with Crippen molar-refractivity contribution in [2.24, 2.45) is 5.92 Å². The van der Waals surface area contributed by atoms with Crippen LogP contribution in [0, 0.1) is 5.92 Å². The first-order chi connectivity index (χ1) is 7.67. The van der Waals surface area contributed by atoms with Crippen LogP contribution >= 0.6 is 0 Å². The van der Waals surface area contributed by atoms with Gasteiger partial charge in [-0.05, 0) is 54.4 Å². The first kappa shape index (κ1) is 15.0. The molecule has 102 valence electrons. The summed E-state index contributed by atoms with van der Waals surface area (Å²) in [5.41, 5.74) is -0.0777. The summed E-state index contributed by atoms with van der Waals surface area (Å²) >= 11 is 0. The molecule has 2 heteroatoms. The highest BCUT2D eigenvalue weighted by Gasteiger charge is 2.30. The molecule has 0 aliphatic heterocycles. The van der Waals surface area contributed by atoms with Gasteiger partial charge in [-0.15, -0.1) is 0 Å². The summed E-state index contributed by atoms with van der Waals surface area (Å²) in [5, 5.41) is 0. The highest BCUT2D eigenvalue weighted by atomic mass is 16.5. The molecule has 0 saturated heterocycles. The quantitative estimate of drug-likeness (QED) is 0.739. The van der Waals surface area contributed by atoms with Crippen molar-refractivity contribution in [1.82, 2.24) is 0 Å². The molecule has 0 aromatic heterocycles. The Hall–Kier alpha value is -0.0800. The lowest BCUT2D eigenvalue weighted by Gasteiger charge is -2.37. The van der Waals surface area contributed by atoms with Crippen molar-refractivity contribution in [2.75, 3.05) is 6.61 Å². The summed E-state index contributed by atoms with van der Waals surface area (Å²) in [6, 6.07) is 0. The minimum atomic E-state index is -0.0397. The smallest absolute Gasteiger partial charge is 0.0632 e. The lowest BCUT2D eigenvalue weighted by atomic mass is 9.86. The molecule has 1 aliphatic rings. The largest absolute Gasteiger partial charge is 0.375 e. The van der Waals surface area contributed by atoms with Crippen LogP contribution in [0.25, 0.3) is 0 Å². The lowest BCUT2D eigenvalue weighted by molar-refractivity contribution is -0.125. The molecule has 1 aliphatic carbocycles. The van der Waals surface area contributed by atoms with Gasteiger partial charge in [-0.25, -0.2) is 0 Å². The van der Waals surface area contributed by atoms with Gasteiger partial charge >= 0.3 is 0 Å². The highest BCUT2D eigenvalue weighted by Crippen LogP contribution is 2.31. The van der Waals surface area contributed by atoms with Gasteiger partial charge in [-0.3, -0.25) is 0 Å². The minimum Gasteiger partial charge on any atom is -0.375 e. The highest BCUT2D eigenvalue weighted by molar-refractivity contribution is 4.79. The Kier molecular flexibility index (Phi) is 5.03. The summed E-state index contributed by atoms with van der Waals surface area (Å²) < 4.78 is 12.1. The number of rotatable bonds is 3. The van der Waals surface area contributed by atoms with Gasteiger partial charge in [0.2, 0.25) is 0 Å². The summed E-state index contributed by atoms with van der Waals surface area (Å²) in [6.07, 6.45) is 5.44. The molecular weight excluding hydrogens is 212 g/mol. The second-order valence-corrected chi connectivity index (χ2v) is 7.24. The zero-order chi connectivity index (χ0) is 13.1. The van der Waals surface area contributed by atoms with E-state index in [9.17, 15) is 0 Å². The number of hydrogen-bond donors (Lipinski definition) is 0. The van der Waals surface area contributed by atoms with Crippen LogP contribution in [-0.2, 0) is 9.47 Å². The first-order valence-electron chi connectivity index (χ1n) is 6.99. The minimum absolute atomic E-state index is 0.0380. The van der Waals surface area contributed by atoms with Crippen molar-refractivity contribution < 1.29 is 9.47 Å². The maximum atomic E-state index is 6.18. The van der Waals surface area contributed by atoms with Gasteiger partial charge in [0.25, 0.3) is 0 Å².